The van der Waals surface area contributed by atoms with E-state index >= 15 is 0 Å². The van der Waals surface area contributed by atoms with Gasteiger partial charge in [-0.3, -0.25) is 0 Å². The summed E-state index contributed by atoms with van der Waals surface area (Å²) in [6, 6.07) is 3.68. The van der Waals surface area contributed by atoms with Gasteiger partial charge in [0.25, 0.3) is 0 Å². The SMILES string of the molecule is CC(C)(C=O)Nc1nc(-c2c[nH]c3ncccc23)ncc1F.CNCC(F)(F)F. The minimum atomic E-state index is -4.06. The Kier molecular flexibility index (Phi) is 6.85. The molecule has 0 saturated carbocycles. The summed E-state index contributed by atoms with van der Waals surface area (Å²) < 4.78 is 46.8. The van der Waals surface area contributed by atoms with Crippen LogP contribution >= 0.6 is 0 Å². The van der Waals surface area contributed by atoms with Crippen LogP contribution < -0.4 is 10.6 Å². The number of nitrogens with one attached hydrogen (secondary N) is 3. The molecule has 3 aromatic rings. The number of carbonyl (C=O) groups is 1. The Labute approximate surface area is 164 Å². The Bertz CT molecular complexity index is 970. The maximum Gasteiger partial charge on any atom is 0.401 e. The van der Waals surface area contributed by atoms with Crippen LogP contribution in [0.15, 0.2) is 30.7 Å². The molecular formula is C18H20F4N6O. The van der Waals surface area contributed by atoms with Crippen LogP contribution in [0.2, 0.25) is 0 Å². The molecule has 0 bridgehead atoms. The van der Waals surface area contributed by atoms with E-state index in [0.717, 1.165) is 17.1 Å². The van der Waals surface area contributed by atoms with Crippen molar-refractivity contribution in [3.8, 4) is 11.4 Å². The normalized spacial score (nSPS) is 11.7. The van der Waals surface area contributed by atoms with E-state index in [4.69, 9.17) is 0 Å². The predicted octanol–water partition coefficient (Wildman–Crippen LogP) is 3.32. The van der Waals surface area contributed by atoms with Gasteiger partial charge in [0.15, 0.2) is 17.5 Å². The van der Waals surface area contributed by atoms with Crippen molar-refractivity contribution >= 4 is 23.1 Å². The summed E-state index contributed by atoms with van der Waals surface area (Å²) in [7, 11) is 1.26. The van der Waals surface area contributed by atoms with E-state index in [1.807, 2.05) is 11.4 Å². The van der Waals surface area contributed by atoms with E-state index in [-0.39, 0.29) is 5.82 Å². The smallest absolute Gasteiger partial charge is 0.356 e. The lowest BCUT2D eigenvalue weighted by atomic mass is 10.1. The number of anilines is 1. The summed E-state index contributed by atoms with van der Waals surface area (Å²) in [5, 5.41) is 5.59. The molecule has 0 radical (unpaired) electrons. The zero-order valence-electron chi connectivity index (χ0n) is 15.9. The zero-order valence-corrected chi connectivity index (χ0v) is 15.9. The fraction of sp³-hybridized carbons (Fsp3) is 0.333. The minimum Gasteiger partial charge on any atom is -0.356 e. The Hall–Kier alpha value is -3.08. The standard InChI is InChI=1S/C15H14FN5O.C3H6F3N/c1-15(2,8-22)21-14-11(16)7-19-13(20-14)10-6-18-12-9(10)4-3-5-17-12;1-7-2-3(4,5)6/h3-8H,1-2H3,(H,17,18)(H,19,20,21);7H,2H2,1H3. The van der Waals surface area contributed by atoms with Crippen molar-refractivity contribution in [3.63, 3.8) is 0 Å². The van der Waals surface area contributed by atoms with Crippen molar-refractivity contribution in [3.05, 3.63) is 36.5 Å². The van der Waals surface area contributed by atoms with Gasteiger partial charge in [0.1, 0.15) is 11.9 Å². The van der Waals surface area contributed by atoms with Crippen molar-refractivity contribution < 1.29 is 22.4 Å². The first-order chi connectivity index (χ1) is 13.6. The van der Waals surface area contributed by atoms with Gasteiger partial charge in [-0.05, 0) is 33.0 Å². The van der Waals surface area contributed by atoms with Gasteiger partial charge in [-0.25, -0.2) is 19.3 Å². The summed E-state index contributed by atoms with van der Waals surface area (Å²) in [5.41, 5.74) is 0.497. The molecule has 0 aromatic carbocycles. The van der Waals surface area contributed by atoms with E-state index < -0.39 is 24.1 Å². The topological polar surface area (TPSA) is 95.6 Å². The molecule has 0 spiro atoms. The summed E-state index contributed by atoms with van der Waals surface area (Å²) in [6.07, 6.45) is 1.12. The number of aromatic nitrogens is 4. The quantitative estimate of drug-likeness (QED) is 0.440. The van der Waals surface area contributed by atoms with Crippen LogP contribution in [0, 0.1) is 5.82 Å². The molecule has 0 aliphatic heterocycles. The van der Waals surface area contributed by atoms with Gasteiger partial charge in [-0.2, -0.15) is 13.2 Å². The molecule has 3 rings (SSSR count). The summed E-state index contributed by atoms with van der Waals surface area (Å²) in [5.74, 6) is -0.276. The number of pyridine rings is 1. The number of rotatable bonds is 5. The van der Waals surface area contributed by atoms with Crippen molar-refractivity contribution in [1.82, 2.24) is 25.3 Å². The molecule has 0 saturated heterocycles. The average Bonchev–Trinajstić information content (AvgIpc) is 3.07. The second-order valence-corrected chi connectivity index (χ2v) is 6.60. The van der Waals surface area contributed by atoms with Crippen LogP contribution in [0.1, 0.15) is 13.8 Å². The van der Waals surface area contributed by atoms with Crippen molar-refractivity contribution in [2.45, 2.75) is 25.6 Å². The number of hydrogen-bond donors (Lipinski definition) is 3. The molecular weight excluding hydrogens is 392 g/mol. The van der Waals surface area contributed by atoms with E-state index in [1.165, 1.54) is 7.05 Å². The highest BCUT2D eigenvalue weighted by Crippen LogP contribution is 2.26. The fourth-order valence-electron chi connectivity index (χ4n) is 2.26. The first kappa shape index (κ1) is 22.2. The minimum absolute atomic E-state index is 0.0136. The van der Waals surface area contributed by atoms with Crippen molar-refractivity contribution in [2.75, 3.05) is 18.9 Å². The lowest BCUT2D eigenvalue weighted by Gasteiger charge is -2.20. The molecule has 3 heterocycles. The lowest BCUT2D eigenvalue weighted by Crippen LogP contribution is -2.33. The molecule has 11 heteroatoms. The third-order valence-corrected chi connectivity index (χ3v) is 3.55. The molecule has 0 fully saturated rings. The van der Waals surface area contributed by atoms with Gasteiger partial charge < -0.3 is 20.4 Å². The van der Waals surface area contributed by atoms with Crippen LogP contribution in [0.25, 0.3) is 22.4 Å². The number of carbonyl (C=O) groups excluding carboxylic acids is 1. The molecule has 29 heavy (non-hydrogen) atoms. The number of aldehydes is 1. The Balaban J connectivity index is 0.000000370. The molecule has 0 unspecified atom stereocenters. The highest BCUT2D eigenvalue weighted by molar-refractivity contribution is 5.91. The molecule has 3 aromatic heterocycles. The number of halogens is 4. The number of nitrogens with zero attached hydrogens (tertiary/aromatic N) is 3. The molecule has 7 nitrogen and oxygen atoms in total. The highest BCUT2D eigenvalue weighted by Gasteiger charge is 2.25. The van der Waals surface area contributed by atoms with E-state index in [2.05, 4.69) is 25.3 Å². The highest BCUT2D eigenvalue weighted by atomic mass is 19.4. The van der Waals surface area contributed by atoms with Gasteiger partial charge in [-0.1, -0.05) is 0 Å². The van der Waals surface area contributed by atoms with Crippen molar-refractivity contribution in [1.29, 1.82) is 0 Å². The van der Waals surface area contributed by atoms with E-state index in [9.17, 15) is 22.4 Å². The van der Waals surface area contributed by atoms with Gasteiger partial charge in [-0.15, -0.1) is 0 Å². The Morgan fingerprint density at radius 1 is 1.24 bits per heavy atom. The third kappa shape index (κ3) is 6.21. The number of aromatic amines is 1. The molecule has 0 aliphatic carbocycles. The maximum absolute atomic E-state index is 13.9. The van der Waals surface area contributed by atoms with Gasteiger partial charge in [0.05, 0.1) is 18.3 Å². The molecule has 156 valence electrons. The van der Waals surface area contributed by atoms with Gasteiger partial charge in [0, 0.05) is 23.3 Å². The monoisotopic (exact) mass is 412 g/mol. The largest absolute Gasteiger partial charge is 0.401 e. The second kappa shape index (κ2) is 8.95. The number of alkyl halides is 3. The maximum atomic E-state index is 13.9. The van der Waals surface area contributed by atoms with E-state index in [0.29, 0.717) is 17.8 Å². The first-order valence-electron chi connectivity index (χ1n) is 8.47. The zero-order chi connectivity index (χ0) is 21.7. The first-order valence-corrected chi connectivity index (χ1v) is 8.47. The summed E-state index contributed by atoms with van der Waals surface area (Å²) in [6.45, 7) is 2.36. The summed E-state index contributed by atoms with van der Waals surface area (Å²) in [4.78, 5) is 26.4. The molecule has 0 amide bonds. The van der Waals surface area contributed by atoms with Crippen LogP contribution in [-0.2, 0) is 4.79 Å². The van der Waals surface area contributed by atoms with Crippen LogP contribution in [-0.4, -0.2) is 51.5 Å². The lowest BCUT2D eigenvalue weighted by molar-refractivity contribution is -0.123. The Morgan fingerprint density at radius 2 is 1.97 bits per heavy atom. The molecule has 0 aliphatic rings. The molecule has 3 N–H and O–H groups in total. The number of fused-ring (bicyclic) bond motifs is 1. The fourth-order valence-corrected chi connectivity index (χ4v) is 2.26. The predicted molar refractivity (Wildman–Crippen MR) is 101 cm³/mol. The van der Waals surface area contributed by atoms with Crippen LogP contribution in [0.3, 0.4) is 0 Å². The van der Waals surface area contributed by atoms with Crippen LogP contribution in [0.4, 0.5) is 23.4 Å². The van der Waals surface area contributed by atoms with Gasteiger partial charge >= 0.3 is 6.18 Å². The number of hydrogen-bond acceptors (Lipinski definition) is 6. The second-order valence-electron chi connectivity index (χ2n) is 6.60. The Morgan fingerprint density at radius 3 is 2.55 bits per heavy atom. The number of H-pyrrole nitrogens is 1. The van der Waals surface area contributed by atoms with Gasteiger partial charge in [0.2, 0.25) is 0 Å². The average molecular weight is 412 g/mol. The van der Waals surface area contributed by atoms with E-state index in [1.54, 1.807) is 32.3 Å². The molecule has 0 atom stereocenters. The van der Waals surface area contributed by atoms with Crippen molar-refractivity contribution in [2.24, 2.45) is 0 Å². The van der Waals surface area contributed by atoms with Crippen LogP contribution in [0.5, 0.6) is 0 Å². The third-order valence-electron chi connectivity index (χ3n) is 3.55. The summed E-state index contributed by atoms with van der Waals surface area (Å²) >= 11 is 0.